The van der Waals surface area contributed by atoms with E-state index in [1.807, 2.05) is 10.9 Å². The third-order valence-corrected chi connectivity index (χ3v) is 6.52. The number of halogens is 3. The Morgan fingerprint density at radius 1 is 1.18 bits per heavy atom. The molecule has 3 aromatic rings. The summed E-state index contributed by atoms with van der Waals surface area (Å²) in [6.07, 6.45) is 1.51. The number of nitrogens with zero attached hydrogens (tertiary/aromatic N) is 3. The third-order valence-electron chi connectivity index (χ3n) is 6.52. The van der Waals surface area contributed by atoms with Crippen molar-refractivity contribution >= 4 is 22.5 Å². The zero-order chi connectivity index (χ0) is 24.9. The van der Waals surface area contributed by atoms with Crippen LogP contribution >= 0.6 is 0 Å². The first-order valence-electron chi connectivity index (χ1n) is 11.3. The molecule has 4 rings (SSSR count). The number of anilines is 1. The van der Waals surface area contributed by atoms with Gasteiger partial charge in [-0.25, -0.2) is 4.98 Å². The number of alkyl halides is 3. The van der Waals surface area contributed by atoms with Crippen LogP contribution in [0.25, 0.3) is 10.9 Å². The number of hydrogen-bond donors (Lipinski definition) is 2. The molecule has 2 aromatic heterocycles. The number of pyridine rings is 1. The molecular weight excluding hydrogens is 445 g/mol. The minimum absolute atomic E-state index is 0.276. The molecule has 0 radical (unpaired) electrons. The van der Waals surface area contributed by atoms with E-state index in [1.54, 1.807) is 26.0 Å². The number of rotatable bonds is 4. The second-order valence-corrected chi connectivity index (χ2v) is 10.4. The standard InChI is InChI=1S/C25H29F3N4O2/c1-23(2)10-8-16(9-11-23)32-14-15-12-20(17(24(3,4)34)13-19(15)31-32)30-22(33)18-6-5-7-21(29-18)25(26,27)28/h5-7,12-14,16,34H,8-11H2,1-4H3,(H,30,33). The van der Waals surface area contributed by atoms with Gasteiger partial charge in [0, 0.05) is 22.8 Å². The summed E-state index contributed by atoms with van der Waals surface area (Å²) in [5.41, 5.74) is -1.11. The van der Waals surface area contributed by atoms with E-state index in [4.69, 9.17) is 5.10 Å². The van der Waals surface area contributed by atoms with E-state index < -0.39 is 23.4 Å². The number of fused-ring (bicyclic) bond motifs is 1. The number of benzene rings is 1. The van der Waals surface area contributed by atoms with Gasteiger partial charge in [0.25, 0.3) is 5.91 Å². The maximum absolute atomic E-state index is 13.0. The normalized spacial score (nSPS) is 17.2. The van der Waals surface area contributed by atoms with Gasteiger partial charge in [-0.1, -0.05) is 19.9 Å². The molecule has 0 bridgehead atoms. The van der Waals surface area contributed by atoms with Crippen molar-refractivity contribution in [3.05, 3.63) is 53.5 Å². The summed E-state index contributed by atoms with van der Waals surface area (Å²) in [4.78, 5) is 16.2. The number of aromatic nitrogens is 3. The number of nitrogens with one attached hydrogen (secondary N) is 1. The number of carbonyl (C=O) groups excluding carboxylic acids is 1. The van der Waals surface area contributed by atoms with E-state index in [0.717, 1.165) is 43.2 Å². The molecule has 0 unspecified atom stereocenters. The second-order valence-electron chi connectivity index (χ2n) is 10.4. The first-order chi connectivity index (χ1) is 15.7. The Bertz CT molecular complexity index is 1220. The van der Waals surface area contributed by atoms with Gasteiger partial charge in [-0.05, 0) is 69.2 Å². The van der Waals surface area contributed by atoms with E-state index in [2.05, 4.69) is 24.1 Å². The summed E-state index contributed by atoms with van der Waals surface area (Å²) >= 11 is 0. The van der Waals surface area contributed by atoms with Crippen molar-refractivity contribution in [2.24, 2.45) is 5.41 Å². The Morgan fingerprint density at radius 3 is 2.47 bits per heavy atom. The van der Waals surface area contributed by atoms with Crippen LogP contribution < -0.4 is 5.32 Å². The summed E-state index contributed by atoms with van der Waals surface area (Å²) in [6.45, 7) is 7.69. The predicted octanol–water partition coefficient (Wildman–Crippen LogP) is 6.07. The van der Waals surface area contributed by atoms with Crippen molar-refractivity contribution in [3.63, 3.8) is 0 Å². The second kappa shape index (κ2) is 8.37. The van der Waals surface area contributed by atoms with E-state index in [1.165, 1.54) is 6.07 Å². The lowest BCUT2D eigenvalue weighted by molar-refractivity contribution is -0.141. The molecule has 1 amide bonds. The summed E-state index contributed by atoms with van der Waals surface area (Å²) in [6, 6.07) is 6.86. The predicted molar refractivity (Wildman–Crippen MR) is 123 cm³/mol. The fourth-order valence-corrected chi connectivity index (χ4v) is 4.44. The summed E-state index contributed by atoms with van der Waals surface area (Å²) in [7, 11) is 0. The average molecular weight is 475 g/mol. The first kappa shape index (κ1) is 24.2. The molecule has 9 heteroatoms. The van der Waals surface area contributed by atoms with Crippen molar-refractivity contribution in [2.75, 3.05) is 5.32 Å². The smallest absolute Gasteiger partial charge is 0.386 e. The molecule has 34 heavy (non-hydrogen) atoms. The van der Waals surface area contributed by atoms with E-state index in [0.29, 0.717) is 22.2 Å². The highest BCUT2D eigenvalue weighted by atomic mass is 19.4. The molecule has 1 saturated carbocycles. The Morgan fingerprint density at radius 2 is 1.85 bits per heavy atom. The zero-order valence-corrected chi connectivity index (χ0v) is 19.7. The zero-order valence-electron chi connectivity index (χ0n) is 19.7. The minimum Gasteiger partial charge on any atom is -0.386 e. The molecule has 2 heterocycles. The third kappa shape index (κ3) is 5.09. The van der Waals surface area contributed by atoms with Gasteiger partial charge in [0.1, 0.15) is 11.4 Å². The molecule has 0 spiro atoms. The van der Waals surface area contributed by atoms with Crippen molar-refractivity contribution < 1.29 is 23.1 Å². The molecule has 0 saturated heterocycles. The van der Waals surface area contributed by atoms with Crippen LogP contribution in [0.15, 0.2) is 36.5 Å². The fourth-order valence-electron chi connectivity index (χ4n) is 4.44. The van der Waals surface area contributed by atoms with Crippen molar-refractivity contribution in [1.82, 2.24) is 14.8 Å². The summed E-state index contributed by atoms with van der Waals surface area (Å²) in [5.74, 6) is -0.794. The lowest BCUT2D eigenvalue weighted by Crippen LogP contribution is -2.23. The van der Waals surface area contributed by atoms with Crippen molar-refractivity contribution in [1.29, 1.82) is 0 Å². The van der Waals surface area contributed by atoms with Crippen molar-refractivity contribution in [3.8, 4) is 0 Å². The molecule has 182 valence electrons. The molecular formula is C25H29F3N4O2. The Kier molecular flexibility index (Phi) is 5.96. The fraction of sp³-hybridized carbons (Fsp3) is 0.480. The SMILES string of the molecule is CC1(C)CCC(n2cc3cc(NC(=O)c4cccc(C(F)(F)F)n4)c(C(C)(C)O)cc3n2)CC1. The summed E-state index contributed by atoms with van der Waals surface area (Å²) < 4.78 is 41.0. The maximum Gasteiger partial charge on any atom is 0.433 e. The minimum atomic E-state index is -4.66. The molecule has 1 aliphatic rings. The lowest BCUT2D eigenvalue weighted by atomic mass is 9.76. The molecule has 0 aliphatic heterocycles. The highest BCUT2D eigenvalue weighted by Crippen LogP contribution is 2.41. The lowest BCUT2D eigenvalue weighted by Gasteiger charge is -2.34. The van der Waals surface area contributed by atoms with Crippen LogP contribution in [0, 0.1) is 5.41 Å². The Hall–Kier alpha value is -2.94. The number of hydrogen-bond acceptors (Lipinski definition) is 4. The van der Waals surface area contributed by atoms with Gasteiger partial charge in [-0.2, -0.15) is 18.3 Å². The van der Waals surface area contributed by atoms with Crippen molar-refractivity contribution in [2.45, 2.75) is 71.2 Å². The van der Waals surface area contributed by atoms with E-state index >= 15 is 0 Å². The number of amides is 1. The molecule has 1 aliphatic carbocycles. The van der Waals surface area contributed by atoms with Crippen LogP contribution in [0.1, 0.15) is 81.2 Å². The topological polar surface area (TPSA) is 80.0 Å². The van der Waals surface area contributed by atoms with Gasteiger partial charge in [-0.3, -0.25) is 9.48 Å². The van der Waals surface area contributed by atoms with Crippen LogP contribution in [0.3, 0.4) is 0 Å². The molecule has 6 nitrogen and oxygen atoms in total. The monoisotopic (exact) mass is 474 g/mol. The van der Waals surface area contributed by atoms with Crippen LogP contribution in [0.4, 0.5) is 18.9 Å². The highest BCUT2D eigenvalue weighted by Gasteiger charge is 2.33. The molecule has 2 N–H and O–H groups in total. The van der Waals surface area contributed by atoms with Crippen LogP contribution in [0.2, 0.25) is 0 Å². The molecule has 1 aromatic carbocycles. The van der Waals surface area contributed by atoms with Gasteiger partial charge in [0.15, 0.2) is 0 Å². The number of aliphatic hydroxyl groups is 1. The van der Waals surface area contributed by atoms with Crippen LogP contribution in [0.5, 0.6) is 0 Å². The molecule has 0 atom stereocenters. The maximum atomic E-state index is 13.0. The van der Waals surface area contributed by atoms with Gasteiger partial charge >= 0.3 is 6.18 Å². The summed E-state index contributed by atoms with van der Waals surface area (Å²) in [5, 5.41) is 18.9. The van der Waals surface area contributed by atoms with Crippen LogP contribution in [-0.4, -0.2) is 25.8 Å². The molecule has 1 fully saturated rings. The first-order valence-corrected chi connectivity index (χ1v) is 11.3. The Balaban J connectivity index is 1.67. The van der Waals surface area contributed by atoms with Gasteiger partial charge in [0.05, 0.1) is 17.2 Å². The quantitative estimate of drug-likeness (QED) is 0.481. The largest absolute Gasteiger partial charge is 0.433 e. The van der Waals surface area contributed by atoms with Gasteiger partial charge in [0.2, 0.25) is 0 Å². The van der Waals surface area contributed by atoms with Gasteiger partial charge in [-0.15, -0.1) is 0 Å². The highest BCUT2D eigenvalue weighted by molar-refractivity contribution is 6.04. The van der Waals surface area contributed by atoms with Crippen LogP contribution in [-0.2, 0) is 11.8 Å². The van der Waals surface area contributed by atoms with E-state index in [9.17, 15) is 23.1 Å². The van der Waals surface area contributed by atoms with Gasteiger partial charge < -0.3 is 10.4 Å². The average Bonchev–Trinajstić information content (AvgIpc) is 3.15. The number of carbonyl (C=O) groups is 1. The van der Waals surface area contributed by atoms with E-state index in [-0.39, 0.29) is 11.7 Å². The Labute approximate surface area is 196 Å².